The topological polar surface area (TPSA) is 55.8 Å². The van der Waals surface area contributed by atoms with Crippen LogP contribution in [0.2, 0.25) is 0 Å². The Hall–Kier alpha value is -2.04. The summed E-state index contributed by atoms with van der Waals surface area (Å²) in [6.07, 6.45) is 2.15. The third kappa shape index (κ3) is 3.55. The summed E-state index contributed by atoms with van der Waals surface area (Å²) in [6.45, 7) is 5.84. The van der Waals surface area contributed by atoms with Crippen molar-refractivity contribution in [3.8, 4) is 0 Å². The van der Waals surface area contributed by atoms with Crippen molar-refractivity contribution in [1.29, 1.82) is 0 Å². The van der Waals surface area contributed by atoms with Gasteiger partial charge < -0.3 is 14.4 Å². The molecule has 0 aliphatic carbocycles. The van der Waals surface area contributed by atoms with Crippen LogP contribution in [0, 0.1) is 5.92 Å². The van der Waals surface area contributed by atoms with Crippen LogP contribution in [0.4, 0.5) is 4.79 Å². The molecule has 24 heavy (non-hydrogen) atoms. The van der Waals surface area contributed by atoms with Gasteiger partial charge in [0.2, 0.25) is 0 Å². The molecule has 2 saturated heterocycles. The zero-order valence-electron chi connectivity index (χ0n) is 14.5. The van der Waals surface area contributed by atoms with Gasteiger partial charge in [-0.05, 0) is 45.6 Å². The molecule has 2 aliphatic heterocycles. The zero-order valence-corrected chi connectivity index (χ0v) is 14.5. The van der Waals surface area contributed by atoms with E-state index in [4.69, 9.17) is 9.47 Å². The van der Waals surface area contributed by atoms with Gasteiger partial charge in [0.15, 0.2) is 0 Å². The Morgan fingerprint density at radius 1 is 1.17 bits per heavy atom. The molecule has 0 unspecified atom stereocenters. The zero-order chi connectivity index (χ0) is 17.3. The maximum Gasteiger partial charge on any atom is 0.410 e. The number of rotatable bonds is 3. The molecule has 1 aromatic carbocycles. The van der Waals surface area contributed by atoms with E-state index in [1.807, 2.05) is 51.1 Å². The molecule has 0 spiro atoms. The van der Waals surface area contributed by atoms with Gasteiger partial charge >= 0.3 is 12.1 Å². The van der Waals surface area contributed by atoms with E-state index in [0.29, 0.717) is 6.42 Å². The minimum atomic E-state index is -0.525. The number of hydrogen-bond donors (Lipinski definition) is 0. The molecule has 2 heterocycles. The molecule has 0 saturated carbocycles. The van der Waals surface area contributed by atoms with Gasteiger partial charge in [-0.15, -0.1) is 0 Å². The number of esters is 1. The van der Waals surface area contributed by atoms with E-state index in [1.165, 1.54) is 0 Å². The maximum absolute atomic E-state index is 12.5. The Labute approximate surface area is 142 Å². The van der Waals surface area contributed by atoms with Gasteiger partial charge in [-0.3, -0.25) is 4.79 Å². The number of ether oxygens (including phenoxy) is 2. The summed E-state index contributed by atoms with van der Waals surface area (Å²) in [4.78, 5) is 26.6. The molecular formula is C19H25NO4. The molecule has 0 radical (unpaired) electrons. The Kier molecular flexibility index (Phi) is 4.52. The van der Waals surface area contributed by atoms with E-state index < -0.39 is 5.60 Å². The number of fused-ring (bicyclic) bond motifs is 2. The standard InChI is InChI=1S/C19H25NO4/c1-19(2,3)24-18(22)20-14-9-10-16(20)15(11-14)17(21)23-12-13-7-5-4-6-8-13/h4-8,14-16H,9-12H2,1-3H3/t14-,15+,16+/m1/s1. The predicted molar refractivity (Wildman–Crippen MR) is 89.2 cm³/mol. The van der Waals surface area contributed by atoms with E-state index in [9.17, 15) is 9.59 Å². The molecule has 5 nitrogen and oxygen atoms in total. The van der Waals surface area contributed by atoms with Crippen LogP contribution in [0.15, 0.2) is 30.3 Å². The first kappa shape index (κ1) is 16.8. The van der Waals surface area contributed by atoms with Crippen molar-refractivity contribution in [1.82, 2.24) is 4.90 Å². The SMILES string of the molecule is CC(C)(C)OC(=O)N1[C@@H]2CC[C@H]1[C@@H](C(=O)OCc1ccccc1)C2. The summed E-state index contributed by atoms with van der Waals surface area (Å²) in [7, 11) is 0. The quantitative estimate of drug-likeness (QED) is 0.795. The molecule has 130 valence electrons. The van der Waals surface area contributed by atoms with Crippen molar-refractivity contribution in [2.24, 2.45) is 5.92 Å². The monoisotopic (exact) mass is 331 g/mol. The van der Waals surface area contributed by atoms with Crippen LogP contribution in [0.1, 0.15) is 45.6 Å². The molecule has 0 N–H and O–H groups in total. The number of hydrogen-bond acceptors (Lipinski definition) is 4. The summed E-state index contributed by atoms with van der Waals surface area (Å²) in [6, 6.07) is 9.64. The summed E-state index contributed by atoms with van der Waals surface area (Å²) >= 11 is 0. The fourth-order valence-electron chi connectivity index (χ4n) is 3.68. The van der Waals surface area contributed by atoms with Gasteiger partial charge in [-0.2, -0.15) is 0 Å². The second-order valence-electron chi connectivity index (χ2n) is 7.62. The summed E-state index contributed by atoms with van der Waals surface area (Å²) < 4.78 is 11.0. The smallest absolute Gasteiger partial charge is 0.410 e. The highest BCUT2D eigenvalue weighted by atomic mass is 16.6. The van der Waals surface area contributed by atoms with E-state index >= 15 is 0 Å². The number of nitrogens with zero attached hydrogens (tertiary/aromatic N) is 1. The second-order valence-corrected chi connectivity index (χ2v) is 7.62. The van der Waals surface area contributed by atoms with E-state index in [1.54, 1.807) is 4.90 Å². The van der Waals surface area contributed by atoms with Crippen LogP contribution < -0.4 is 0 Å². The van der Waals surface area contributed by atoms with Crippen molar-refractivity contribution in [3.05, 3.63) is 35.9 Å². The lowest BCUT2D eigenvalue weighted by molar-refractivity contribution is -0.150. The Morgan fingerprint density at radius 2 is 1.88 bits per heavy atom. The largest absolute Gasteiger partial charge is 0.461 e. The van der Waals surface area contributed by atoms with Gasteiger partial charge in [0.05, 0.1) is 5.92 Å². The lowest BCUT2D eigenvalue weighted by atomic mass is 9.89. The molecule has 3 atom stereocenters. The van der Waals surface area contributed by atoms with Crippen molar-refractivity contribution in [2.45, 2.75) is 64.3 Å². The maximum atomic E-state index is 12.5. The van der Waals surface area contributed by atoms with Crippen molar-refractivity contribution in [3.63, 3.8) is 0 Å². The van der Waals surface area contributed by atoms with Gasteiger partial charge in [0.1, 0.15) is 12.2 Å². The van der Waals surface area contributed by atoms with E-state index in [-0.39, 0.29) is 36.7 Å². The van der Waals surface area contributed by atoms with Gasteiger partial charge in [-0.25, -0.2) is 4.79 Å². The first-order chi connectivity index (χ1) is 11.3. The lowest BCUT2D eigenvalue weighted by Crippen LogP contribution is -2.41. The normalized spacial score (nSPS) is 25.6. The predicted octanol–water partition coefficient (Wildman–Crippen LogP) is 3.52. The van der Waals surface area contributed by atoms with E-state index in [0.717, 1.165) is 18.4 Å². The first-order valence-electron chi connectivity index (χ1n) is 8.57. The van der Waals surface area contributed by atoms with Crippen molar-refractivity contribution in [2.75, 3.05) is 0 Å². The molecule has 2 aliphatic rings. The number of carbonyl (C=O) groups excluding carboxylic acids is 2. The average Bonchev–Trinajstić information content (AvgIpc) is 3.10. The summed E-state index contributed by atoms with van der Waals surface area (Å²) in [5, 5.41) is 0. The van der Waals surface area contributed by atoms with Crippen LogP contribution in [-0.4, -0.2) is 34.6 Å². The molecule has 5 heteroatoms. The summed E-state index contributed by atoms with van der Waals surface area (Å²) in [5.41, 5.74) is 0.445. The molecule has 1 aromatic rings. The Morgan fingerprint density at radius 3 is 2.54 bits per heavy atom. The molecule has 0 aromatic heterocycles. The van der Waals surface area contributed by atoms with Crippen LogP contribution in [0.5, 0.6) is 0 Å². The Balaban J connectivity index is 1.60. The molecule has 2 bridgehead atoms. The molecule has 3 rings (SSSR count). The van der Waals surface area contributed by atoms with Gasteiger partial charge in [0, 0.05) is 12.1 Å². The highest BCUT2D eigenvalue weighted by Crippen LogP contribution is 2.43. The minimum absolute atomic E-state index is 0.0897. The molecular weight excluding hydrogens is 306 g/mol. The molecule has 2 fully saturated rings. The lowest BCUT2D eigenvalue weighted by Gasteiger charge is -2.28. The third-order valence-electron chi connectivity index (χ3n) is 4.67. The van der Waals surface area contributed by atoms with Crippen LogP contribution in [0.3, 0.4) is 0 Å². The van der Waals surface area contributed by atoms with Gasteiger partial charge in [-0.1, -0.05) is 30.3 Å². The van der Waals surface area contributed by atoms with Crippen LogP contribution >= 0.6 is 0 Å². The third-order valence-corrected chi connectivity index (χ3v) is 4.67. The number of benzene rings is 1. The van der Waals surface area contributed by atoms with Gasteiger partial charge in [0.25, 0.3) is 0 Å². The summed E-state index contributed by atoms with van der Waals surface area (Å²) in [5.74, 6) is -0.445. The van der Waals surface area contributed by atoms with Crippen LogP contribution in [-0.2, 0) is 20.9 Å². The Bertz CT molecular complexity index is 608. The molecule has 1 amide bonds. The van der Waals surface area contributed by atoms with Crippen molar-refractivity contribution < 1.29 is 19.1 Å². The second kappa shape index (κ2) is 6.46. The first-order valence-corrected chi connectivity index (χ1v) is 8.57. The minimum Gasteiger partial charge on any atom is -0.461 e. The van der Waals surface area contributed by atoms with Crippen molar-refractivity contribution >= 4 is 12.1 Å². The number of amides is 1. The average molecular weight is 331 g/mol. The van der Waals surface area contributed by atoms with E-state index in [2.05, 4.69) is 0 Å². The fourth-order valence-corrected chi connectivity index (χ4v) is 3.68. The highest BCUT2D eigenvalue weighted by molar-refractivity contribution is 5.77. The highest BCUT2D eigenvalue weighted by Gasteiger charge is 2.52. The number of carbonyl (C=O) groups is 2. The fraction of sp³-hybridized carbons (Fsp3) is 0.579. The van der Waals surface area contributed by atoms with Crippen LogP contribution in [0.25, 0.3) is 0 Å².